The van der Waals surface area contributed by atoms with Crippen LogP contribution in [0.2, 0.25) is 0 Å². The number of hydrogen-bond donors (Lipinski definition) is 1. The third-order valence-corrected chi connectivity index (χ3v) is 1.94. The van der Waals surface area contributed by atoms with Gasteiger partial charge in [0.1, 0.15) is 5.75 Å². The van der Waals surface area contributed by atoms with E-state index in [9.17, 15) is 4.79 Å². The van der Waals surface area contributed by atoms with Gasteiger partial charge >= 0.3 is 0 Å². The number of alkyl halides is 1. The second-order valence-electron chi connectivity index (χ2n) is 2.95. The molecule has 0 fully saturated rings. The number of carbonyl (C=O) groups excluding carboxylic acids is 1. The van der Waals surface area contributed by atoms with E-state index in [4.69, 9.17) is 16.3 Å². The highest BCUT2D eigenvalue weighted by Gasteiger charge is 2.01. The minimum absolute atomic E-state index is 0.0846. The zero-order valence-corrected chi connectivity index (χ0v) is 9.38. The molecule has 0 unspecified atom stereocenters. The molecule has 0 atom stereocenters. The van der Waals surface area contributed by atoms with E-state index in [0.717, 1.165) is 11.4 Å². The molecule has 0 radical (unpaired) electrons. The molecule has 0 bridgehead atoms. The van der Waals surface area contributed by atoms with Crippen molar-refractivity contribution in [2.24, 2.45) is 0 Å². The molecule has 3 nitrogen and oxygen atoms in total. The molecule has 15 heavy (non-hydrogen) atoms. The van der Waals surface area contributed by atoms with E-state index in [1.807, 2.05) is 25.1 Å². The van der Waals surface area contributed by atoms with Gasteiger partial charge in [-0.3, -0.25) is 4.79 Å². The lowest BCUT2D eigenvalue weighted by Gasteiger charge is -2.07. The van der Waals surface area contributed by atoms with Crippen molar-refractivity contribution in [1.29, 1.82) is 0 Å². The van der Waals surface area contributed by atoms with Crippen LogP contribution in [0, 0.1) is 0 Å². The summed E-state index contributed by atoms with van der Waals surface area (Å²) in [5.74, 6) is 0.997. The third-order valence-electron chi connectivity index (χ3n) is 1.75. The first-order valence-corrected chi connectivity index (χ1v) is 5.38. The van der Waals surface area contributed by atoms with Crippen LogP contribution in [0.1, 0.15) is 13.3 Å². The predicted molar refractivity (Wildman–Crippen MR) is 61.6 cm³/mol. The van der Waals surface area contributed by atoms with E-state index in [1.54, 1.807) is 6.07 Å². The van der Waals surface area contributed by atoms with Crippen LogP contribution in [0.15, 0.2) is 24.3 Å². The highest BCUT2D eigenvalue weighted by atomic mass is 35.5. The number of hydrogen-bond acceptors (Lipinski definition) is 2. The SMILES string of the molecule is CCOc1cccc(NC(=O)CCCl)c1. The number of ether oxygens (including phenoxy) is 1. The molecule has 0 spiro atoms. The smallest absolute Gasteiger partial charge is 0.225 e. The molecule has 0 aromatic heterocycles. The van der Waals surface area contributed by atoms with Crippen LogP contribution in [0.3, 0.4) is 0 Å². The van der Waals surface area contributed by atoms with Crippen LogP contribution in [0.4, 0.5) is 5.69 Å². The lowest BCUT2D eigenvalue weighted by Crippen LogP contribution is -2.11. The van der Waals surface area contributed by atoms with Crippen molar-refractivity contribution in [2.45, 2.75) is 13.3 Å². The molecule has 82 valence electrons. The molecule has 1 rings (SSSR count). The molecule has 0 heterocycles. The zero-order valence-electron chi connectivity index (χ0n) is 8.63. The zero-order chi connectivity index (χ0) is 11.1. The monoisotopic (exact) mass is 227 g/mol. The molecule has 1 N–H and O–H groups in total. The molecule has 1 aromatic carbocycles. The van der Waals surface area contributed by atoms with E-state index in [2.05, 4.69) is 5.32 Å². The van der Waals surface area contributed by atoms with E-state index in [-0.39, 0.29) is 5.91 Å². The number of anilines is 1. The van der Waals surface area contributed by atoms with Gasteiger partial charge in [0.05, 0.1) is 6.61 Å². The normalized spacial score (nSPS) is 9.73. The Hall–Kier alpha value is -1.22. The number of carbonyl (C=O) groups is 1. The highest BCUT2D eigenvalue weighted by molar-refractivity contribution is 6.19. The fourth-order valence-corrected chi connectivity index (χ4v) is 1.31. The van der Waals surface area contributed by atoms with Crippen LogP contribution in [-0.2, 0) is 4.79 Å². The molecule has 1 amide bonds. The van der Waals surface area contributed by atoms with E-state index in [1.165, 1.54) is 0 Å². The fourth-order valence-electron chi connectivity index (χ4n) is 1.14. The summed E-state index contributed by atoms with van der Waals surface area (Å²) in [6, 6.07) is 7.28. The number of rotatable bonds is 5. The van der Waals surface area contributed by atoms with Crippen molar-refractivity contribution in [3.05, 3.63) is 24.3 Å². The molecular formula is C11H14ClNO2. The van der Waals surface area contributed by atoms with Gasteiger partial charge in [-0.2, -0.15) is 0 Å². The Morgan fingerprint density at radius 3 is 3.00 bits per heavy atom. The Balaban J connectivity index is 2.60. The third kappa shape index (κ3) is 4.21. The Bertz CT molecular complexity index is 328. The van der Waals surface area contributed by atoms with Crippen molar-refractivity contribution >= 4 is 23.2 Å². The van der Waals surface area contributed by atoms with Gasteiger partial charge in [0, 0.05) is 24.1 Å². The molecular weight excluding hydrogens is 214 g/mol. The topological polar surface area (TPSA) is 38.3 Å². The predicted octanol–water partition coefficient (Wildman–Crippen LogP) is 2.65. The number of halogens is 1. The molecule has 1 aromatic rings. The maximum Gasteiger partial charge on any atom is 0.225 e. The summed E-state index contributed by atoms with van der Waals surface area (Å²) >= 11 is 5.46. The van der Waals surface area contributed by atoms with Gasteiger partial charge in [0.15, 0.2) is 0 Å². The van der Waals surface area contributed by atoms with Gasteiger partial charge in [-0.05, 0) is 19.1 Å². The summed E-state index contributed by atoms with van der Waals surface area (Å²) in [5, 5.41) is 2.74. The first-order chi connectivity index (χ1) is 7.26. The van der Waals surface area contributed by atoms with E-state index < -0.39 is 0 Å². The number of amides is 1. The summed E-state index contributed by atoms with van der Waals surface area (Å²) in [6.07, 6.45) is 0.320. The molecule has 0 aliphatic heterocycles. The van der Waals surface area contributed by atoms with Crippen LogP contribution in [0.25, 0.3) is 0 Å². The first-order valence-electron chi connectivity index (χ1n) is 4.85. The van der Waals surface area contributed by atoms with Gasteiger partial charge in [-0.15, -0.1) is 11.6 Å². The van der Waals surface area contributed by atoms with Gasteiger partial charge in [0.25, 0.3) is 0 Å². The highest BCUT2D eigenvalue weighted by Crippen LogP contribution is 2.17. The van der Waals surface area contributed by atoms with Crippen LogP contribution >= 0.6 is 11.6 Å². The minimum Gasteiger partial charge on any atom is -0.494 e. The second-order valence-corrected chi connectivity index (χ2v) is 3.33. The number of benzene rings is 1. The van der Waals surface area contributed by atoms with Crippen molar-refractivity contribution < 1.29 is 9.53 Å². The summed E-state index contributed by atoms with van der Waals surface area (Å²) < 4.78 is 5.31. The van der Waals surface area contributed by atoms with E-state index in [0.29, 0.717) is 18.9 Å². The van der Waals surface area contributed by atoms with Crippen molar-refractivity contribution in [2.75, 3.05) is 17.8 Å². The lowest BCUT2D eigenvalue weighted by molar-refractivity contribution is -0.115. The van der Waals surface area contributed by atoms with Crippen LogP contribution in [-0.4, -0.2) is 18.4 Å². The van der Waals surface area contributed by atoms with E-state index >= 15 is 0 Å². The van der Waals surface area contributed by atoms with Crippen LogP contribution in [0.5, 0.6) is 5.75 Å². The minimum atomic E-state index is -0.0846. The van der Waals surface area contributed by atoms with Crippen molar-refractivity contribution in [3.8, 4) is 5.75 Å². The van der Waals surface area contributed by atoms with Gasteiger partial charge in [-0.25, -0.2) is 0 Å². The molecule has 0 saturated carbocycles. The second kappa shape index (κ2) is 6.30. The largest absolute Gasteiger partial charge is 0.494 e. The first kappa shape index (κ1) is 11.9. The lowest BCUT2D eigenvalue weighted by atomic mass is 10.3. The molecule has 4 heteroatoms. The summed E-state index contributed by atoms with van der Waals surface area (Å²) in [6.45, 7) is 2.53. The molecule has 0 aliphatic carbocycles. The Morgan fingerprint density at radius 2 is 2.33 bits per heavy atom. The van der Waals surface area contributed by atoms with Gasteiger partial charge in [-0.1, -0.05) is 6.07 Å². The fraction of sp³-hybridized carbons (Fsp3) is 0.364. The number of nitrogens with one attached hydrogen (secondary N) is 1. The van der Waals surface area contributed by atoms with Crippen molar-refractivity contribution in [1.82, 2.24) is 0 Å². The Morgan fingerprint density at radius 1 is 1.53 bits per heavy atom. The summed E-state index contributed by atoms with van der Waals surface area (Å²) in [5.41, 5.74) is 0.732. The average Bonchev–Trinajstić information content (AvgIpc) is 2.19. The average molecular weight is 228 g/mol. The maximum atomic E-state index is 11.2. The Kier molecular flexibility index (Phi) is 4.98. The maximum absolute atomic E-state index is 11.2. The Labute approximate surface area is 94.4 Å². The van der Waals surface area contributed by atoms with Gasteiger partial charge in [0.2, 0.25) is 5.91 Å². The molecule has 0 saturated heterocycles. The summed E-state index contributed by atoms with van der Waals surface area (Å²) in [4.78, 5) is 11.2. The van der Waals surface area contributed by atoms with Gasteiger partial charge < -0.3 is 10.1 Å². The van der Waals surface area contributed by atoms with Crippen molar-refractivity contribution in [3.63, 3.8) is 0 Å². The van der Waals surface area contributed by atoms with Crippen LogP contribution < -0.4 is 10.1 Å². The molecule has 0 aliphatic rings. The summed E-state index contributed by atoms with van der Waals surface area (Å²) in [7, 11) is 0. The standard InChI is InChI=1S/C11H14ClNO2/c1-2-15-10-5-3-4-9(8-10)13-11(14)6-7-12/h3-5,8H,2,6-7H2,1H3,(H,13,14). The quantitative estimate of drug-likeness (QED) is 0.786.